The SMILES string of the molecule is CC1=CC2C(C=C1)[C-]1C=CC=CC1C2[Si](c1ccccc1)(c1ccccc1)C1C2C=CC=C[C-]2C2C=CC(C)=CC21.[Cl-].[Cl-].[Zr+4]. The van der Waals surface area contributed by atoms with Crippen LogP contribution in [0.4, 0.5) is 0 Å². The van der Waals surface area contributed by atoms with Gasteiger partial charge >= 0.3 is 26.2 Å². The van der Waals surface area contributed by atoms with Crippen molar-refractivity contribution >= 4 is 18.4 Å². The molecule has 44 heavy (non-hydrogen) atoms. The summed E-state index contributed by atoms with van der Waals surface area (Å²) in [4.78, 5) is 0. The van der Waals surface area contributed by atoms with Gasteiger partial charge in [-0.1, -0.05) is 142 Å². The van der Waals surface area contributed by atoms with E-state index in [1.807, 2.05) is 0 Å². The van der Waals surface area contributed by atoms with Crippen molar-refractivity contribution in [2.45, 2.75) is 24.9 Å². The molecule has 2 aromatic rings. The van der Waals surface area contributed by atoms with Gasteiger partial charge in [0.1, 0.15) is 8.07 Å². The van der Waals surface area contributed by atoms with Crippen LogP contribution in [-0.4, -0.2) is 8.07 Å². The summed E-state index contributed by atoms with van der Waals surface area (Å²) in [7, 11) is -2.54. The van der Waals surface area contributed by atoms with E-state index in [1.165, 1.54) is 11.1 Å². The molecule has 8 rings (SSSR count). The van der Waals surface area contributed by atoms with Crippen molar-refractivity contribution in [3.63, 3.8) is 0 Å². The minimum atomic E-state index is -2.54. The van der Waals surface area contributed by atoms with Gasteiger partial charge in [0.2, 0.25) is 0 Å². The Kier molecular flexibility index (Phi) is 9.99. The summed E-state index contributed by atoms with van der Waals surface area (Å²) < 4.78 is 0. The molecule has 0 bridgehead atoms. The molecule has 0 aromatic heterocycles. The fraction of sp³-hybridized carbons (Fsp3) is 0.250. The Morgan fingerprint density at radius 2 is 0.932 bits per heavy atom. The molecule has 6 aliphatic carbocycles. The molecule has 4 heteroatoms. The van der Waals surface area contributed by atoms with Gasteiger partial charge < -0.3 is 24.8 Å². The summed E-state index contributed by atoms with van der Waals surface area (Å²) in [6.45, 7) is 4.61. The summed E-state index contributed by atoms with van der Waals surface area (Å²) in [5, 5.41) is 3.21. The molecule has 0 saturated heterocycles. The number of hydrogen-bond donors (Lipinski definition) is 0. The molecule has 0 spiro atoms. The Morgan fingerprint density at radius 1 is 0.523 bits per heavy atom. The minimum Gasteiger partial charge on any atom is -1.00 e. The van der Waals surface area contributed by atoms with Gasteiger partial charge in [-0.05, 0) is 36.8 Å². The Hall–Kier alpha value is -2.22. The zero-order chi connectivity index (χ0) is 27.6. The molecule has 0 radical (unpaired) electrons. The van der Waals surface area contributed by atoms with E-state index in [2.05, 4.69) is 160 Å². The van der Waals surface area contributed by atoms with Crippen molar-refractivity contribution in [3.05, 3.63) is 169 Å². The monoisotopic (exact) mass is 706 g/mol. The first kappa shape index (κ1) is 33.2. The fourth-order valence-corrected chi connectivity index (χ4v) is 17.1. The van der Waals surface area contributed by atoms with Gasteiger partial charge in [0.05, 0.1) is 0 Å². The molecule has 0 heterocycles. The molecule has 2 saturated carbocycles. The second-order valence-corrected chi connectivity index (χ2v) is 17.2. The van der Waals surface area contributed by atoms with Crippen LogP contribution in [0.15, 0.2) is 157 Å². The molecule has 8 atom stereocenters. The van der Waals surface area contributed by atoms with Crippen molar-refractivity contribution in [2.75, 3.05) is 0 Å². The van der Waals surface area contributed by atoms with Gasteiger partial charge in [0.15, 0.2) is 0 Å². The first-order valence-electron chi connectivity index (χ1n) is 15.5. The Balaban J connectivity index is 0.00000128. The van der Waals surface area contributed by atoms with E-state index in [9.17, 15) is 0 Å². The largest absolute Gasteiger partial charge is 4.00 e. The topological polar surface area (TPSA) is 0 Å². The molecule has 2 aromatic carbocycles. The van der Waals surface area contributed by atoms with Gasteiger partial charge in [-0.2, -0.15) is 0 Å². The predicted molar refractivity (Wildman–Crippen MR) is 175 cm³/mol. The standard InChI is InChI=1S/C40H38Si.2ClH.Zr/c1-27-21-23-33-31-17-9-11-19-35(31)39(37(33)25-27)41(29-13-5-3-6-14-29,30-15-7-4-8-16-30)40-36-20-12-10-18-32(36)34-24-22-28(2)26-38(34)40;;;/h3-26,33-40H,1-2H3;2*1H;/q-2;;;+4/p-2. The van der Waals surface area contributed by atoms with Crippen molar-refractivity contribution in [3.8, 4) is 0 Å². The summed E-state index contributed by atoms with van der Waals surface area (Å²) in [6.07, 6.45) is 34.4. The number of allylic oxidation sites excluding steroid dienone is 16. The maximum absolute atomic E-state index is 2.66. The third-order valence-corrected chi connectivity index (χ3v) is 17.2. The van der Waals surface area contributed by atoms with Gasteiger partial charge in [-0.15, -0.1) is 24.3 Å². The predicted octanol–water partition coefficient (Wildman–Crippen LogP) is 2.15. The molecular weight excluding hydrogens is 671 g/mol. The van der Waals surface area contributed by atoms with E-state index in [4.69, 9.17) is 0 Å². The minimum absolute atomic E-state index is 0. The maximum Gasteiger partial charge on any atom is 4.00 e. The first-order valence-corrected chi connectivity index (χ1v) is 17.6. The molecular formula is C40H38Cl2SiZr. The smallest absolute Gasteiger partial charge is 1.00 e. The molecule has 0 aliphatic heterocycles. The second kappa shape index (κ2) is 13.3. The number of hydrogen-bond acceptors (Lipinski definition) is 0. The molecule has 2 fully saturated rings. The van der Waals surface area contributed by atoms with Crippen LogP contribution in [-0.2, 0) is 26.2 Å². The quantitative estimate of drug-likeness (QED) is 0.338. The zero-order valence-electron chi connectivity index (χ0n) is 25.2. The summed E-state index contributed by atoms with van der Waals surface area (Å²) in [6, 6.07) is 23.7. The van der Waals surface area contributed by atoms with Crippen LogP contribution in [0.3, 0.4) is 0 Å². The number of fused-ring (bicyclic) bond motifs is 6. The van der Waals surface area contributed by atoms with E-state index in [-0.39, 0.29) is 51.0 Å². The zero-order valence-corrected chi connectivity index (χ0v) is 30.2. The van der Waals surface area contributed by atoms with E-state index in [1.54, 1.807) is 22.2 Å². The summed E-state index contributed by atoms with van der Waals surface area (Å²) >= 11 is 0. The molecule has 0 nitrogen and oxygen atoms in total. The Morgan fingerprint density at radius 3 is 1.34 bits per heavy atom. The Labute approximate surface area is 296 Å². The van der Waals surface area contributed by atoms with Crippen LogP contribution in [0.5, 0.6) is 0 Å². The fourth-order valence-electron chi connectivity index (χ4n) is 9.72. The van der Waals surface area contributed by atoms with E-state index in [0.717, 1.165) is 0 Å². The number of halogens is 2. The third kappa shape index (κ3) is 4.96. The van der Waals surface area contributed by atoms with Crippen LogP contribution >= 0.6 is 0 Å². The summed E-state index contributed by atoms with van der Waals surface area (Å²) in [5.74, 6) is 6.08. The summed E-state index contributed by atoms with van der Waals surface area (Å²) in [5.41, 5.74) is 3.89. The van der Waals surface area contributed by atoms with Crippen LogP contribution in [0.25, 0.3) is 0 Å². The van der Waals surface area contributed by atoms with Gasteiger partial charge in [0, 0.05) is 0 Å². The molecule has 8 unspecified atom stereocenters. The van der Waals surface area contributed by atoms with Crippen molar-refractivity contribution in [1.29, 1.82) is 0 Å². The van der Waals surface area contributed by atoms with Crippen molar-refractivity contribution in [1.82, 2.24) is 0 Å². The Bertz CT molecular complexity index is 1460. The van der Waals surface area contributed by atoms with Crippen LogP contribution in [0, 0.1) is 47.3 Å². The van der Waals surface area contributed by atoms with Crippen molar-refractivity contribution < 1.29 is 51.0 Å². The average molecular weight is 709 g/mol. The van der Waals surface area contributed by atoms with Crippen LogP contribution in [0.2, 0.25) is 11.1 Å². The molecule has 0 N–H and O–H groups in total. The molecule has 220 valence electrons. The van der Waals surface area contributed by atoms with E-state index >= 15 is 0 Å². The average Bonchev–Trinajstić information content (AvgIpc) is 3.52. The van der Waals surface area contributed by atoms with Crippen molar-refractivity contribution in [2.24, 2.45) is 35.5 Å². The molecule has 0 amide bonds. The second-order valence-electron chi connectivity index (χ2n) is 12.9. The number of benzene rings is 2. The van der Waals surface area contributed by atoms with Crippen LogP contribution < -0.4 is 35.2 Å². The van der Waals surface area contributed by atoms with E-state index < -0.39 is 8.07 Å². The maximum atomic E-state index is 2.66. The normalized spacial score (nSPS) is 31.9. The molecule has 6 aliphatic rings. The van der Waals surface area contributed by atoms with Gasteiger partial charge in [-0.25, -0.2) is 36.1 Å². The van der Waals surface area contributed by atoms with Gasteiger partial charge in [-0.3, -0.25) is 0 Å². The number of rotatable bonds is 4. The van der Waals surface area contributed by atoms with Crippen LogP contribution in [0.1, 0.15) is 13.8 Å². The van der Waals surface area contributed by atoms with Gasteiger partial charge in [0.25, 0.3) is 0 Å². The third-order valence-electron chi connectivity index (χ3n) is 11.0. The van der Waals surface area contributed by atoms with E-state index in [0.29, 0.717) is 46.6 Å². The first-order chi connectivity index (χ1) is 20.2.